The molecule has 142 valence electrons. The van der Waals surface area contributed by atoms with E-state index in [1.165, 1.54) is 26.0 Å². The number of hydrogen-bond acceptors (Lipinski definition) is 5. The predicted octanol–water partition coefficient (Wildman–Crippen LogP) is 1.13. The highest BCUT2D eigenvalue weighted by Crippen LogP contribution is 2.39. The summed E-state index contributed by atoms with van der Waals surface area (Å²) in [6, 6.07) is 2.18. The summed E-state index contributed by atoms with van der Waals surface area (Å²) in [4.78, 5) is 36.9. The molecule has 1 aliphatic rings. The van der Waals surface area contributed by atoms with Crippen LogP contribution in [0, 0.1) is 0 Å². The lowest BCUT2D eigenvalue weighted by Gasteiger charge is -2.38. The number of ether oxygens (including phenoxy) is 2. The lowest BCUT2D eigenvalue weighted by molar-refractivity contribution is -0.143. The van der Waals surface area contributed by atoms with Gasteiger partial charge in [-0.25, -0.2) is 0 Å². The number of carbonyl (C=O) groups excluding carboxylic acids is 2. The zero-order valence-electron chi connectivity index (χ0n) is 15.4. The van der Waals surface area contributed by atoms with E-state index in [9.17, 15) is 19.5 Å². The lowest BCUT2D eigenvalue weighted by atomic mass is 9.89. The third-order valence-electron chi connectivity index (χ3n) is 4.44. The van der Waals surface area contributed by atoms with Gasteiger partial charge in [-0.2, -0.15) is 0 Å². The first-order chi connectivity index (χ1) is 12.3. The Morgan fingerprint density at radius 1 is 1.27 bits per heavy atom. The Kier molecular flexibility index (Phi) is 6.07. The summed E-state index contributed by atoms with van der Waals surface area (Å²) >= 11 is 0. The molecule has 0 bridgehead atoms. The van der Waals surface area contributed by atoms with E-state index in [4.69, 9.17) is 9.47 Å². The van der Waals surface area contributed by atoms with E-state index in [2.05, 4.69) is 5.32 Å². The minimum atomic E-state index is -1.01. The summed E-state index contributed by atoms with van der Waals surface area (Å²) < 4.78 is 10.6. The smallest absolute Gasteiger partial charge is 0.305 e. The van der Waals surface area contributed by atoms with Gasteiger partial charge in [-0.1, -0.05) is 0 Å². The van der Waals surface area contributed by atoms with E-state index in [-0.39, 0.29) is 18.2 Å². The quantitative estimate of drug-likeness (QED) is 0.784. The molecular weight excluding hydrogens is 340 g/mol. The van der Waals surface area contributed by atoms with Gasteiger partial charge in [0.15, 0.2) is 11.5 Å². The van der Waals surface area contributed by atoms with Crippen LogP contribution in [-0.2, 0) is 20.8 Å². The maximum Gasteiger partial charge on any atom is 0.305 e. The average Bonchev–Trinajstić information content (AvgIpc) is 2.59. The van der Waals surface area contributed by atoms with Crippen LogP contribution in [0.25, 0.3) is 0 Å². The summed E-state index contributed by atoms with van der Waals surface area (Å²) in [5.41, 5.74) is 1.64. The highest BCUT2D eigenvalue weighted by atomic mass is 16.5. The van der Waals surface area contributed by atoms with E-state index in [1.54, 1.807) is 13.0 Å². The van der Waals surface area contributed by atoms with Gasteiger partial charge >= 0.3 is 5.97 Å². The van der Waals surface area contributed by atoms with Crippen molar-refractivity contribution >= 4 is 17.8 Å². The molecule has 2 rings (SSSR count). The Morgan fingerprint density at radius 3 is 2.42 bits per heavy atom. The van der Waals surface area contributed by atoms with Crippen molar-refractivity contribution in [1.82, 2.24) is 10.2 Å². The number of rotatable bonds is 6. The topological polar surface area (TPSA) is 105 Å². The van der Waals surface area contributed by atoms with Crippen LogP contribution in [0.2, 0.25) is 0 Å². The fraction of sp³-hybridized carbons (Fsp3) is 0.500. The molecule has 0 aromatic heterocycles. The molecule has 8 heteroatoms. The van der Waals surface area contributed by atoms with Crippen LogP contribution in [0.1, 0.15) is 37.4 Å². The van der Waals surface area contributed by atoms with E-state index < -0.39 is 18.1 Å². The Morgan fingerprint density at radius 2 is 1.88 bits per heavy atom. The van der Waals surface area contributed by atoms with Crippen LogP contribution < -0.4 is 14.8 Å². The summed E-state index contributed by atoms with van der Waals surface area (Å²) in [5.74, 6) is -0.600. The van der Waals surface area contributed by atoms with Gasteiger partial charge in [0.25, 0.3) is 0 Å². The second kappa shape index (κ2) is 8.07. The minimum absolute atomic E-state index is 0.235. The largest absolute Gasteiger partial charge is 0.493 e. The lowest BCUT2D eigenvalue weighted by Crippen LogP contribution is -2.50. The zero-order chi connectivity index (χ0) is 19.4. The number of carboxylic acids is 1. The van der Waals surface area contributed by atoms with Gasteiger partial charge in [0, 0.05) is 13.5 Å². The molecule has 0 radical (unpaired) electrons. The summed E-state index contributed by atoms with van der Waals surface area (Å²) in [7, 11) is 3.04. The molecular formula is C18H24N2O6. The fourth-order valence-corrected chi connectivity index (χ4v) is 3.29. The molecule has 1 aromatic carbocycles. The zero-order valence-corrected chi connectivity index (χ0v) is 15.4. The van der Waals surface area contributed by atoms with Gasteiger partial charge < -0.3 is 24.8 Å². The van der Waals surface area contributed by atoms with Crippen LogP contribution in [0.15, 0.2) is 12.1 Å². The van der Waals surface area contributed by atoms with E-state index in [0.717, 1.165) is 11.1 Å². The average molecular weight is 364 g/mol. The molecule has 1 aromatic rings. The maximum atomic E-state index is 12.8. The second-order valence-electron chi connectivity index (χ2n) is 6.22. The normalized spacial score (nSPS) is 17.1. The van der Waals surface area contributed by atoms with Gasteiger partial charge in [-0.05, 0) is 36.6 Å². The van der Waals surface area contributed by atoms with Crippen LogP contribution in [-0.4, -0.2) is 54.6 Å². The number of benzene rings is 1. The molecule has 2 amide bonds. The predicted molar refractivity (Wildman–Crippen MR) is 93.2 cm³/mol. The maximum absolute atomic E-state index is 12.8. The number of carbonyl (C=O) groups is 3. The first kappa shape index (κ1) is 19.6. The van der Waals surface area contributed by atoms with E-state index >= 15 is 0 Å². The first-order valence-corrected chi connectivity index (χ1v) is 8.32. The van der Waals surface area contributed by atoms with Gasteiger partial charge in [-0.15, -0.1) is 0 Å². The number of hydrogen-bond donors (Lipinski definition) is 2. The number of nitrogens with one attached hydrogen (secondary N) is 1. The van der Waals surface area contributed by atoms with Crippen LogP contribution in [0.3, 0.4) is 0 Å². The molecule has 0 spiro atoms. The number of fused-ring (bicyclic) bond motifs is 1. The second-order valence-corrected chi connectivity index (χ2v) is 6.22. The fourth-order valence-electron chi connectivity index (χ4n) is 3.29. The standard InChI is InChI=1S/C18H24N2O6/c1-10(19-11(2)21)18(24)20-6-5-12-7-15(25-3)16(26-4)8-13(12)14(20)9-17(22)23/h7-8,10,14H,5-6,9H2,1-4H3,(H,19,21)(H,22,23). The highest BCUT2D eigenvalue weighted by molar-refractivity contribution is 5.87. The van der Waals surface area contributed by atoms with Crippen LogP contribution in [0.5, 0.6) is 11.5 Å². The van der Waals surface area contributed by atoms with Crippen LogP contribution >= 0.6 is 0 Å². The SMILES string of the molecule is COc1cc2c(cc1OC)C(CC(=O)O)N(C(=O)C(C)NC(C)=O)CC2. The van der Waals surface area contributed by atoms with E-state index in [1.807, 2.05) is 6.07 Å². The number of amides is 2. The first-order valence-electron chi connectivity index (χ1n) is 8.32. The molecule has 1 aliphatic heterocycles. The van der Waals surface area contributed by atoms with Crippen molar-refractivity contribution in [3.8, 4) is 11.5 Å². The molecule has 2 atom stereocenters. The van der Waals surface area contributed by atoms with Crippen molar-refractivity contribution in [3.05, 3.63) is 23.3 Å². The number of methoxy groups -OCH3 is 2. The summed E-state index contributed by atoms with van der Waals surface area (Å²) in [6.07, 6.45) is 0.325. The number of carboxylic acid groups (broad SMARTS) is 1. The Labute approximate surface area is 152 Å². The molecule has 0 fully saturated rings. The molecule has 1 heterocycles. The van der Waals surface area contributed by atoms with Crippen molar-refractivity contribution < 1.29 is 29.0 Å². The molecule has 0 aliphatic carbocycles. The number of aliphatic carboxylic acids is 1. The third kappa shape index (κ3) is 4.07. The van der Waals surface area contributed by atoms with Gasteiger partial charge in [0.1, 0.15) is 6.04 Å². The van der Waals surface area contributed by atoms with Gasteiger partial charge in [-0.3, -0.25) is 14.4 Å². The molecule has 2 unspecified atom stereocenters. The van der Waals surface area contributed by atoms with Crippen LogP contribution in [0.4, 0.5) is 0 Å². The molecule has 0 saturated heterocycles. The Balaban J connectivity index is 2.43. The van der Waals surface area contributed by atoms with Gasteiger partial charge in [0.2, 0.25) is 11.8 Å². The van der Waals surface area contributed by atoms with E-state index in [0.29, 0.717) is 24.5 Å². The van der Waals surface area contributed by atoms with Crippen molar-refractivity contribution in [2.75, 3.05) is 20.8 Å². The summed E-state index contributed by atoms with van der Waals surface area (Å²) in [5, 5.41) is 11.9. The molecule has 8 nitrogen and oxygen atoms in total. The van der Waals surface area contributed by atoms with Crippen molar-refractivity contribution in [2.45, 2.75) is 38.8 Å². The molecule has 26 heavy (non-hydrogen) atoms. The number of nitrogens with zero attached hydrogens (tertiary/aromatic N) is 1. The highest BCUT2D eigenvalue weighted by Gasteiger charge is 2.35. The third-order valence-corrected chi connectivity index (χ3v) is 4.44. The Bertz CT molecular complexity index is 718. The monoisotopic (exact) mass is 364 g/mol. The van der Waals surface area contributed by atoms with Crippen molar-refractivity contribution in [2.24, 2.45) is 0 Å². The molecule has 0 saturated carbocycles. The Hall–Kier alpha value is -2.77. The summed E-state index contributed by atoms with van der Waals surface area (Å²) in [6.45, 7) is 3.29. The minimum Gasteiger partial charge on any atom is -0.493 e. The van der Waals surface area contributed by atoms with Crippen molar-refractivity contribution in [3.63, 3.8) is 0 Å². The van der Waals surface area contributed by atoms with Gasteiger partial charge in [0.05, 0.1) is 26.7 Å². The molecule has 2 N–H and O–H groups in total. The van der Waals surface area contributed by atoms with Crippen molar-refractivity contribution in [1.29, 1.82) is 0 Å².